The van der Waals surface area contributed by atoms with E-state index in [1.165, 1.54) is 5.56 Å². The molecule has 0 radical (unpaired) electrons. The van der Waals surface area contributed by atoms with E-state index in [2.05, 4.69) is 0 Å². The Hall–Kier alpha value is 0.520. The van der Waals surface area contributed by atoms with Crippen LogP contribution in [0.15, 0.2) is 24.3 Å². The minimum atomic E-state index is -2.37. The maximum absolute atomic E-state index is 5.75. The number of benzene rings is 1. The van der Waals surface area contributed by atoms with Crippen molar-refractivity contribution < 1.29 is 0 Å². The van der Waals surface area contributed by atoms with E-state index < -0.39 is 5.32 Å². The van der Waals surface area contributed by atoms with Crippen molar-refractivity contribution in [2.45, 2.75) is 6.92 Å². The average molecular weight is 228 g/mol. The molecule has 60 valence electrons. The summed E-state index contributed by atoms with van der Waals surface area (Å²) in [5.41, 5.74) is 1.17. The largest absolute Gasteiger partial charge is 0.339 e. The molecule has 0 saturated carbocycles. The Balaban J connectivity index is 2.99. The number of halogens is 3. The van der Waals surface area contributed by atoms with Crippen LogP contribution in [0, 0.1) is 6.92 Å². The highest BCUT2D eigenvalue weighted by Gasteiger charge is 2.35. The summed E-state index contributed by atoms with van der Waals surface area (Å²) in [5.74, 6) is 0. The van der Waals surface area contributed by atoms with Gasteiger partial charge in [0.05, 0.1) is 0 Å². The molecule has 0 nitrogen and oxygen atoms in total. The molecule has 0 saturated heterocycles. The number of aryl methyl sites for hydroxylation is 1. The fraction of sp³-hybridized carbons (Fsp3) is 0.143. The average Bonchev–Trinajstić information content (AvgIpc) is 1.86. The quantitative estimate of drug-likeness (QED) is 0.635. The van der Waals surface area contributed by atoms with E-state index in [0.717, 1.165) is 5.30 Å². The molecule has 0 atom stereocenters. The molecular formula is C7H7Cl3P+. The first-order valence-corrected chi connectivity index (χ1v) is 7.56. The lowest BCUT2D eigenvalue weighted by atomic mass is 10.2. The third-order valence-corrected chi connectivity index (χ3v) is 3.97. The number of rotatable bonds is 1. The van der Waals surface area contributed by atoms with Crippen LogP contribution >= 0.6 is 39.0 Å². The zero-order chi connectivity index (χ0) is 8.48. The van der Waals surface area contributed by atoms with Gasteiger partial charge in [-0.3, -0.25) is 0 Å². The number of hydrogen-bond donors (Lipinski definition) is 0. The molecule has 0 bridgehead atoms. The van der Waals surface area contributed by atoms with Crippen LogP contribution in [0.2, 0.25) is 0 Å². The van der Waals surface area contributed by atoms with Crippen molar-refractivity contribution >= 4 is 44.3 Å². The van der Waals surface area contributed by atoms with Crippen molar-refractivity contribution in [2.75, 3.05) is 0 Å². The molecule has 0 aliphatic rings. The van der Waals surface area contributed by atoms with E-state index in [9.17, 15) is 0 Å². The monoisotopic (exact) mass is 227 g/mol. The molecule has 11 heavy (non-hydrogen) atoms. The minimum absolute atomic E-state index is 0.813. The summed E-state index contributed by atoms with van der Waals surface area (Å²) < 4.78 is 0. The summed E-state index contributed by atoms with van der Waals surface area (Å²) in [5, 5.41) is -1.56. The Kier molecular flexibility index (Phi) is 3.05. The molecule has 1 aromatic rings. The second-order valence-corrected chi connectivity index (χ2v) is 9.81. The summed E-state index contributed by atoms with van der Waals surface area (Å²) >= 11 is 17.3. The summed E-state index contributed by atoms with van der Waals surface area (Å²) in [6, 6.07) is 7.60. The van der Waals surface area contributed by atoms with Crippen LogP contribution in [0.4, 0.5) is 0 Å². The topological polar surface area (TPSA) is 0 Å². The summed E-state index contributed by atoms with van der Waals surface area (Å²) in [6.45, 7) is 2.00. The zero-order valence-corrected chi connectivity index (χ0v) is 9.05. The predicted molar refractivity (Wildman–Crippen MR) is 55.3 cm³/mol. The molecule has 1 aromatic carbocycles. The maximum Gasteiger partial charge on any atom is 0.339 e. The van der Waals surface area contributed by atoms with Gasteiger partial charge < -0.3 is 0 Å². The molecule has 0 fully saturated rings. The van der Waals surface area contributed by atoms with Crippen LogP contribution < -0.4 is 5.30 Å². The molecule has 4 heteroatoms. The molecule has 0 amide bonds. The van der Waals surface area contributed by atoms with Gasteiger partial charge in [-0.2, -0.15) is 0 Å². The van der Waals surface area contributed by atoms with E-state index in [1.54, 1.807) is 0 Å². The fourth-order valence-corrected chi connectivity index (χ4v) is 2.22. The van der Waals surface area contributed by atoms with Gasteiger partial charge >= 0.3 is 5.32 Å². The van der Waals surface area contributed by atoms with Crippen LogP contribution in [0.3, 0.4) is 0 Å². The Labute approximate surface area is 81.2 Å². The SMILES string of the molecule is Cc1ccc([P+](Cl)(Cl)Cl)cc1. The lowest BCUT2D eigenvalue weighted by molar-refractivity contribution is 1.49. The van der Waals surface area contributed by atoms with Crippen molar-refractivity contribution in [3.63, 3.8) is 0 Å². The van der Waals surface area contributed by atoms with Crippen molar-refractivity contribution in [3.05, 3.63) is 29.8 Å². The van der Waals surface area contributed by atoms with E-state index in [-0.39, 0.29) is 0 Å². The van der Waals surface area contributed by atoms with Crippen molar-refractivity contribution in [1.29, 1.82) is 0 Å². The molecule has 0 aromatic heterocycles. The van der Waals surface area contributed by atoms with Crippen LogP contribution in [-0.4, -0.2) is 0 Å². The summed E-state index contributed by atoms with van der Waals surface area (Å²) in [7, 11) is 0. The first-order chi connectivity index (χ1) is 5.00. The van der Waals surface area contributed by atoms with Gasteiger partial charge in [-0.25, -0.2) is 0 Å². The van der Waals surface area contributed by atoms with Crippen LogP contribution in [0.1, 0.15) is 5.56 Å². The molecule has 0 spiro atoms. The van der Waals surface area contributed by atoms with E-state index in [4.69, 9.17) is 33.7 Å². The van der Waals surface area contributed by atoms with Gasteiger partial charge in [0.25, 0.3) is 0 Å². The standard InChI is InChI=1S/C7H7Cl3P/c1-6-2-4-7(5-3-6)11(8,9)10/h2-5H,1H3/q+1. The predicted octanol–water partition coefficient (Wildman–Crippen LogP) is 4.10. The Morgan fingerprint density at radius 2 is 1.45 bits per heavy atom. The van der Waals surface area contributed by atoms with Crippen LogP contribution in [-0.2, 0) is 0 Å². The molecule has 0 heterocycles. The van der Waals surface area contributed by atoms with E-state index >= 15 is 0 Å². The van der Waals surface area contributed by atoms with Gasteiger partial charge in [0, 0.05) is 0 Å². The Morgan fingerprint density at radius 1 is 1.00 bits per heavy atom. The summed E-state index contributed by atoms with van der Waals surface area (Å²) in [6.07, 6.45) is 0. The van der Waals surface area contributed by atoms with Gasteiger partial charge in [-0.15, -0.1) is 0 Å². The third-order valence-electron chi connectivity index (χ3n) is 1.33. The first-order valence-electron chi connectivity index (χ1n) is 3.05. The lowest BCUT2D eigenvalue weighted by Gasteiger charge is -1.98. The van der Waals surface area contributed by atoms with Crippen molar-refractivity contribution in [1.82, 2.24) is 0 Å². The Morgan fingerprint density at radius 3 is 1.82 bits per heavy atom. The van der Waals surface area contributed by atoms with Crippen LogP contribution in [0.5, 0.6) is 0 Å². The smallest absolute Gasteiger partial charge is 0.0552 e. The molecule has 0 aliphatic carbocycles. The fourth-order valence-electron chi connectivity index (χ4n) is 0.714. The molecule has 1 rings (SSSR count). The highest BCUT2D eigenvalue weighted by Crippen LogP contribution is 2.72. The molecule has 0 N–H and O–H groups in total. The van der Waals surface area contributed by atoms with Gasteiger partial charge in [0.15, 0.2) is 0 Å². The molecule has 0 aliphatic heterocycles. The normalized spacial score (nSPS) is 11.6. The Bertz CT molecular complexity index is 237. The molecule has 0 unspecified atom stereocenters. The first kappa shape index (κ1) is 9.61. The van der Waals surface area contributed by atoms with Crippen molar-refractivity contribution in [3.8, 4) is 0 Å². The summed E-state index contributed by atoms with van der Waals surface area (Å²) in [4.78, 5) is 0. The van der Waals surface area contributed by atoms with E-state index in [0.29, 0.717) is 0 Å². The highest BCUT2D eigenvalue weighted by atomic mass is 36.1. The van der Waals surface area contributed by atoms with Gasteiger partial charge in [-0.1, -0.05) is 17.7 Å². The molecular weight excluding hydrogens is 221 g/mol. The zero-order valence-electron chi connectivity index (χ0n) is 5.89. The lowest BCUT2D eigenvalue weighted by Crippen LogP contribution is -1.96. The van der Waals surface area contributed by atoms with Crippen LogP contribution in [0.25, 0.3) is 0 Å². The third kappa shape index (κ3) is 2.80. The van der Waals surface area contributed by atoms with E-state index in [1.807, 2.05) is 31.2 Å². The number of hydrogen-bond acceptors (Lipinski definition) is 0. The maximum atomic E-state index is 5.75. The van der Waals surface area contributed by atoms with Gasteiger partial charge in [-0.05, 0) is 19.1 Å². The second-order valence-electron chi connectivity index (χ2n) is 2.28. The van der Waals surface area contributed by atoms with Crippen molar-refractivity contribution in [2.24, 2.45) is 0 Å². The minimum Gasteiger partial charge on any atom is -0.0552 e. The van der Waals surface area contributed by atoms with Gasteiger partial charge in [0.1, 0.15) is 39.0 Å². The second kappa shape index (κ2) is 3.49. The highest BCUT2D eigenvalue weighted by molar-refractivity contribution is 8.36. The van der Waals surface area contributed by atoms with Gasteiger partial charge in [0.2, 0.25) is 0 Å².